The second kappa shape index (κ2) is 8.65. The summed E-state index contributed by atoms with van der Waals surface area (Å²) in [5.74, 6) is -6.18. The highest BCUT2D eigenvalue weighted by Crippen LogP contribution is 2.25. The number of ether oxygens (including phenoxy) is 1. The molecule has 4 rings (SSSR count). The predicted molar refractivity (Wildman–Crippen MR) is 104 cm³/mol. The van der Waals surface area contributed by atoms with E-state index in [9.17, 15) is 32.7 Å². The van der Waals surface area contributed by atoms with Crippen LogP contribution in [0.25, 0.3) is 0 Å². The van der Waals surface area contributed by atoms with Gasteiger partial charge in [0.1, 0.15) is 29.2 Å². The standard InChI is InChI=1S/C21H20F3N3O5/c22-10-5-14(23)12(15(24)6-10)7-25-20(30)13-8-27-9-16(32-11-3-1-2-4-11)26-21(31)17(27)19(29)18(13)28/h5-6,8,11,16,29H,1-4,7,9H2,(H,25,30)(H,26,31). The van der Waals surface area contributed by atoms with E-state index in [0.29, 0.717) is 12.1 Å². The molecule has 0 radical (unpaired) electrons. The quantitative estimate of drug-likeness (QED) is 0.644. The number of aromatic nitrogens is 1. The van der Waals surface area contributed by atoms with Crippen LogP contribution in [0.3, 0.4) is 0 Å². The van der Waals surface area contributed by atoms with Crippen LogP contribution in [0.2, 0.25) is 0 Å². The molecule has 1 aliphatic heterocycles. The molecule has 1 atom stereocenters. The number of amides is 2. The Labute approximate surface area is 180 Å². The molecular formula is C21H20F3N3O5. The number of aromatic hydroxyl groups is 1. The third-order valence-corrected chi connectivity index (χ3v) is 5.56. The summed E-state index contributed by atoms with van der Waals surface area (Å²) in [4.78, 5) is 37.4. The fourth-order valence-electron chi connectivity index (χ4n) is 3.97. The topological polar surface area (TPSA) is 110 Å². The molecule has 1 saturated carbocycles. The maximum Gasteiger partial charge on any atom is 0.273 e. The highest BCUT2D eigenvalue weighted by Gasteiger charge is 2.32. The van der Waals surface area contributed by atoms with E-state index in [2.05, 4.69) is 10.6 Å². The third-order valence-electron chi connectivity index (χ3n) is 5.56. The molecule has 0 saturated heterocycles. The molecule has 1 aliphatic carbocycles. The Hall–Kier alpha value is -3.34. The van der Waals surface area contributed by atoms with Crippen molar-refractivity contribution in [3.05, 3.63) is 62.8 Å². The smallest absolute Gasteiger partial charge is 0.273 e. The summed E-state index contributed by atoms with van der Waals surface area (Å²) in [7, 11) is 0. The summed E-state index contributed by atoms with van der Waals surface area (Å²) in [5.41, 5.74) is -2.54. The first-order valence-corrected chi connectivity index (χ1v) is 10.1. The lowest BCUT2D eigenvalue weighted by atomic mass is 10.1. The van der Waals surface area contributed by atoms with Crippen LogP contribution in [0.5, 0.6) is 5.75 Å². The van der Waals surface area contributed by atoms with E-state index in [-0.39, 0.29) is 18.3 Å². The van der Waals surface area contributed by atoms with Crippen molar-refractivity contribution in [2.24, 2.45) is 0 Å². The first-order valence-electron chi connectivity index (χ1n) is 10.1. The zero-order chi connectivity index (χ0) is 23.0. The number of carbonyl (C=O) groups is 2. The second-order valence-electron chi connectivity index (χ2n) is 7.76. The van der Waals surface area contributed by atoms with Crippen molar-refractivity contribution in [1.29, 1.82) is 0 Å². The number of hydrogen-bond acceptors (Lipinski definition) is 5. The van der Waals surface area contributed by atoms with E-state index in [1.54, 1.807) is 0 Å². The number of carbonyl (C=O) groups excluding carboxylic acids is 2. The lowest BCUT2D eigenvalue weighted by molar-refractivity contribution is -0.0360. The Kier molecular flexibility index (Phi) is 5.92. The Balaban J connectivity index is 1.56. The summed E-state index contributed by atoms with van der Waals surface area (Å²) in [6, 6.07) is 0.931. The predicted octanol–water partition coefficient (Wildman–Crippen LogP) is 1.93. The van der Waals surface area contributed by atoms with Gasteiger partial charge in [0, 0.05) is 30.4 Å². The van der Waals surface area contributed by atoms with Crippen molar-refractivity contribution in [3.8, 4) is 5.75 Å². The lowest BCUT2D eigenvalue weighted by Gasteiger charge is -2.30. The van der Waals surface area contributed by atoms with Gasteiger partial charge in [-0.1, -0.05) is 12.8 Å². The van der Waals surface area contributed by atoms with Crippen molar-refractivity contribution in [3.63, 3.8) is 0 Å². The van der Waals surface area contributed by atoms with Crippen molar-refractivity contribution >= 4 is 11.8 Å². The molecule has 2 aromatic rings. The fraction of sp³-hybridized carbons (Fsp3) is 0.381. The van der Waals surface area contributed by atoms with Gasteiger partial charge in [-0.3, -0.25) is 14.4 Å². The molecule has 32 heavy (non-hydrogen) atoms. The highest BCUT2D eigenvalue weighted by atomic mass is 19.1. The Morgan fingerprint density at radius 1 is 1.19 bits per heavy atom. The Bertz CT molecular complexity index is 1120. The maximum absolute atomic E-state index is 13.8. The summed E-state index contributed by atoms with van der Waals surface area (Å²) in [6.07, 6.45) is 4.13. The fourth-order valence-corrected chi connectivity index (χ4v) is 3.97. The molecule has 8 nitrogen and oxygen atoms in total. The molecule has 0 bridgehead atoms. The van der Waals surface area contributed by atoms with Crippen molar-refractivity contribution < 1.29 is 32.6 Å². The molecule has 0 spiro atoms. The van der Waals surface area contributed by atoms with Gasteiger partial charge in [-0.2, -0.15) is 0 Å². The van der Waals surface area contributed by atoms with E-state index >= 15 is 0 Å². The highest BCUT2D eigenvalue weighted by molar-refractivity contribution is 5.99. The largest absolute Gasteiger partial charge is 0.503 e. The molecule has 1 aromatic heterocycles. The third kappa shape index (κ3) is 4.20. The molecule has 3 N–H and O–H groups in total. The SMILES string of the molecule is O=C(NCc1c(F)cc(F)cc1F)c1cn2c(c(O)c1=O)C(=O)NC(OC1CCCC1)C2. The normalized spacial score (nSPS) is 18.3. The van der Waals surface area contributed by atoms with Gasteiger partial charge in [0.2, 0.25) is 5.43 Å². The average Bonchev–Trinajstić information content (AvgIpc) is 3.22. The van der Waals surface area contributed by atoms with Crippen LogP contribution in [0.1, 0.15) is 52.1 Å². The molecule has 2 amide bonds. The number of pyridine rings is 1. The van der Waals surface area contributed by atoms with E-state index in [1.165, 1.54) is 4.57 Å². The molecule has 11 heteroatoms. The molecule has 170 valence electrons. The zero-order valence-corrected chi connectivity index (χ0v) is 16.8. The minimum atomic E-state index is -1.20. The van der Waals surface area contributed by atoms with Crippen LogP contribution in [0.4, 0.5) is 13.2 Å². The molecule has 1 unspecified atom stereocenters. The van der Waals surface area contributed by atoms with Gasteiger partial charge in [-0.05, 0) is 12.8 Å². The van der Waals surface area contributed by atoms with Crippen LogP contribution in [0.15, 0.2) is 23.1 Å². The van der Waals surface area contributed by atoms with Crippen LogP contribution in [0, 0.1) is 17.5 Å². The first kappa shape index (κ1) is 21.9. The molecular weight excluding hydrogens is 431 g/mol. The summed E-state index contributed by atoms with van der Waals surface area (Å²) in [6.45, 7) is -0.612. The minimum absolute atomic E-state index is 0.0156. The van der Waals surface area contributed by atoms with Crippen molar-refractivity contribution in [2.45, 2.75) is 51.1 Å². The summed E-state index contributed by atoms with van der Waals surface area (Å²) in [5, 5.41) is 15.0. The van der Waals surface area contributed by atoms with Gasteiger partial charge < -0.3 is 25.0 Å². The average molecular weight is 451 g/mol. The van der Waals surface area contributed by atoms with Crippen LogP contribution >= 0.6 is 0 Å². The van der Waals surface area contributed by atoms with E-state index < -0.39 is 64.3 Å². The Morgan fingerprint density at radius 3 is 2.50 bits per heavy atom. The number of hydrogen-bond donors (Lipinski definition) is 3. The number of nitrogens with one attached hydrogen (secondary N) is 2. The number of benzene rings is 1. The zero-order valence-electron chi connectivity index (χ0n) is 16.8. The number of nitrogens with zero attached hydrogens (tertiary/aromatic N) is 1. The molecule has 1 fully saturated rings. The van der Waals surface area contributed by atoms with E-state index in [0.717, 1.165) is 31.9 Å². The van der Waals surface area contributed by atoms with E-state index in [1.807, 2.05) is 0 Å². The van der Waals surface area contributed by atoms with Crippen molar-refractivity contribution in [1.82, 2.24) is 15.2 Å². The minimum Gasteiger partial charge on any atom is -0.503 e. The van der Waals surface area contributed by atoms with Gasteiger partial charge in [0.15, 0.2) is 11.4 Å². The summed E-state index contributed by atoms with van der Waals surface area (Å²) >= 11 is 0. The first-order chi connectivity index (χ1) is 15.2. The van der Waals surface area contributed by atoms with Crippen molar-refractivity contribution in [2.75, 3.05) is 0 Å². The monoisotopic (exact) mass is 451 g/mol. The summed E-state index contributed by atoms with van der Waals surface area (Å²) < 4.78 is 47.7. The number of rotatable bonds is 5. The number of fused-ring (bicyclic) bond motifs is 1. The molecule has 2 heterocycles. The van der Waals surface area contributed by atoms with Gasteiger partial charge in [-0.15, -0.1) is 0 Å². The van der Waals surface area contributed by atoms with E-state index in [4.69, 9.17) is 4.74 Å². The van der Waals surface area contributed by atoms with Gasteiger partial charge in [0.05, 0.1) is 12.6 Å². The van der Waals surface area contributed by atoms with Crippen LogP contribution < -0.4 is 16.1 Å². The second-order valence-corrected chi connectivity index (χ2v) is 7.76. The number of halogens is 3. The lowest BCUT2D eigenvalue weighted by Crippen LogP contribution is -2.48. The van der Waals surface area contributed by atoms with Crippen LogP contribution in [-0.2, 0) is 17.8 Å². The molecule has 2 aliphatic rings. The van der Waals surface area contributed by atoms with Gasteiger partial charge in [0.25, 0.3) is 11.8 Å². The maximum atomic E-state index is 13.8. The van der Waals surface area contributed by atoms with Gasteiger partial charge >= 0.3 is 0 Å². The van der Waals surface area contributed by atoms with Gasteiger partial charge in [-0.25, -0.2) is 13.2 Å². The molecule has 1 aromatic carbocycles. The Morgan fingerprint density at radius 2 is 1.84 bits per heavy atom. The van der Waals surface area contributed by atoms with Crippen LogP contribution in [-0.4, -0.2) is 33.8 Å².